The average Bonchev–Trinajstić information content (AvgIpc) is 4.06. The number of fused-ring (bicyclic) bond motifs is 12. The number of hydrogen-bond donors (Lipinski definition) is 0. The summed E-state index contributed by atoms with van der Waals surface area (Å²) >= 11 is 0. The molecule has 0 unspecified atom stereocenters. The third-order valence-corrected chi connectivity index (χ3v) is 15.1. The molecule has 0 bridgehead atoms. The van der Waals surface area contributed by atoms with Crippen molar-refractivity contribution >= 4 is 53.0 Å². The van der Waals surface area contributed by atoms with E-state index in [4.69, 9.17) is 0 Å². The number of aryl methyl sites for hydroxylation is 1. The Hall–Kier alpha value is -6.76. The predicted molar refractivity (Wildman–Crippen MR) is 253 cm³/mol. The predicted octanol–water partition coefficient (Wildman–Crippen LogP) is 13.1. The fourth-order valence-corrected chi connectivity index (χ4v) is 12.6. The van der Waals surface area contributed by atoms with E-state index in [1.807, 2.05) is 0 Å². The van der Waals surface area contributed by atoms with Crippen molar-refractivity contribution in [1.29, 1.82) is 5.26 Å². The van der Waals surface area contributed by atoms with E-state index >= 15 is 0 Å². The van der Waals surface area contributed by atoms with E-state index in [1.165, 1.54) is 66.9 Å². The van der Waals surface area contributed by atoms with Crippen LogP contribution in [-0.4, -0.2) is 18.3 Å². The van der Waals surface area contributed by atoms with E-state index in [2.05, 4.69) is 126 Å². The number of aromatic nitrogens is 4. The molecule has 62 heavy (non-hydrogen) atoms. The highest BCUT2D eigenvalue weighted by Crippen LogP contribution is 2.52. The molecule has 0 saturated heterocycles. The topological polar surface area (TPSA) is 47.9 Å². The highest BCUT2D eigenvalue weighted by Gasteiger charge is 2.39. The lowest BCUT2D eigenvalue weighted by Gasteiger charge is -2.31. The molecule has 7 aliphatic carbocycles. The van der Waals surface area contributed by atoms with Crippen molar-refractivity contribution in [3.05, 3.63) is 157 Å². The number of nitriles is 1. The van der Waals surface area contributed by atoms with Crippen LogP contribution in [0.5, 0.6) is 0 Å². The first-order chi connectivity index (χ1) is 30.8. The molecule has 2 aromatic carbocycles. The van der Waals surface area contributed by atoms with Crippen molar-refractivity contribution in [2.75, 3.05) is 0 Å². The molecule has 0 radical (unpaired) electrons. The standard InChI is InChI=1S/C56H48N6/c1-58-52-43(34-57)53(59-44-26-10-2-18-35(44)36-19-3-11-27-45(36)59)55(61-48-30-14-6-22-39(48)40-23-7-15-31-49(40)61)56(62-50-32-16-8-24-41(50)42-25-9-17-33-51(42)62)54(52)60-46-28-12-4-20-37(46)38-21-5-13-29-47(38)60/h6,10-14,16-17,22,26-30,32-33H,2-5,7-9,15,18-21,23-25,31H2. The summed E-state index contributed by atoms with van der Waals surface area (Å²) in [5.41, 5.74) is 23.9. The van der Waals surface area contributed by atoms with Crippen LogP contribution in [0.15, 0.2) is 60.7 Å². The van der Waals surface area contributed by atoms with Crippen LogP contribution in [0.3, 0.4) is 0 Å². The first kappa shape index (κ1) is 35.9. The number of nitrogens with zero attached hydrogens (tertiary/aromatic N) is 6. The molecule has 7 aliphatic rings. The Balaban J connectivity index is 1.34. The van der Waals surface area contributed by atoms with Crippen LogP contribution in [0.25, 0.3) is 75.0 Å². The van der Waals surface area contributed by atoms with Gasteiger partial charge in [-0.25, -0.2) is 4.85 Å². The summed E-state index contributed by atoms with van der Waals surface area (Å²) in [4.78, 5) is 4.61. The molecule has 302 valence electrons. The van der Waals surface area contributed by atoms with Crippen LogP contribution in [0.4, 0.5) is 5.69 Å². The molecular weight excluding hydrogens is 757 g/mol. The van der Waals surface area contributed by atoms with Gasteiger partial charge in [-0.1, -0.05) is 54.7 Å². The van der Waals surface area contributed by atoms with Crippen molar-refractivity contribution in [2.45, 2.75) is 103 Å². The van der Waals surface area contributed by atoms with Gasteiger partial charge in [-0.3, -0.25) is 0 Å². The molecule has 13 rings (SSSR count). The Labute approximate surface area is 363 Å². The van der Waals surface area contributed by atoms with Gasteiger partial charge in [0.1, 0.15) is 0 Å². The second kappa shape index (κ2) is 13.9. The molecule has 0 amide bonds. The number of para-hydroxylation sites is 1. The second-order valence-electron chi connectivity index (χ2n) is 18.2. The van der Waals surface area contributed by atoms with E-state index in [-0.39, 0.29) is 0 Å². The second-order valence-corrected chi connectivity index (χ2v) is 18.2. The summed E-state index contributed by atoms with van der Waals surface area (Å²) < 4.78 is 10.0. The lowest BCUT2D eigenvalue weighted by atomic mass is 9.94. The Bertz CT molecular complexity index is 3140. The molecule has 0 aliphatic heterocycles. The maximum absolute atomic E-state index is 12.0. The number of benzene rings is 2. The van der Waals surface area contributed by atoms with Crippen LogP contribution in [-0.2, 0) is 51.4 Å². The quantitative estimate of drug-likeness (QED) is 0.164. The third kappa shape index (κ3) is 4.84. The van der Waals surface area contributed by atoms with Gasteiger partial charge in [0, 0.05) is 45.2 Å². The van der Waals surface area contributed by atoms with Gasteiger partial charge in [0.2, 0.25) is 5.69 Å². The third-order valence-electron chi connectivity index (χ3n) is 15.1. The lowest BCUT2D eigenvalue weighted by molar-refractivity contribution is 0.665. The summed E-state index contributed by atoms with van der Waals surface area (Å²) in [5, 5.41) is 13.3. The van der Waals surface area contributed by atoms with Crippen LogP contribution in [0.1, 0.15) is 136 Å². The van der Waals surface area contributed by atoms with Crippen LogP contribution in [0, 0.1) is 17.9 Å². The molecule has 0 atom stereocenters. The highest BCUT2D eigenvalue weighted by atomic mass is 15.2. The van der Waals surface area contributed by atoms with Crippen molar-refractivity contribution < 1.29 is 0 Å². The normalized spacial score (nSPS) is 17.5. The van der Waals surface area contributed by atoms with Crippen molar-refractivity contribution in [3.63, 3.8) is 0 Å². The fourth-order valence-electron chi connectivity index (χ4n) is 12.6. The first-order valence-electron chi connectivity index (χ1n) is 23.2. The Morgan fingerprint density at radius 2 is 0.855 bits per heavy atom. The summed E-state index contributed by atoms with van der Waals surface area (Å²) in [6, 6.07) is 11.8. The van der Waals surface area contributed by atoms with Gasteiger partial charge in [0.15, 0.2) is 0 Å². The summed E-state index contributed by atoms with van der Waals surface area (Å²) in [6.45, 7) is 9.38. The van der Waals surface area contributed by atoms with Gasteiger partial charge < -0.3 is 18.3 Å². The van der Waals surface area contributed by atoms with Crippen molar-refractivity contribution in [1.82, 2.24) is 18.3 Å². The lowest BCUT2D eigenvalue weighted by Crippen LogP contribution is -2.20. The molecule has 0 spiro atoms. The minimum atomic E-state index is 0.427. The van der Waals surface area contributed by atoms with Gasteiger partial charge in [-0.15, -0.1) is 0 Å². The average molecular weight is 805 g/mol. The minimum absolute atomic E-state index is 0.427. The van der Waals surface area contributed by atoms with E-state index in [9.17, 15) is 11.8 Å². The Morgan fingerprint density at radius 1 is 0.452 bits per heavy atom. The van der Waals surface area contributed by atoms with Gasteiger partial charge in [-0.2, -0.15) is 5.26 Å². The number of rotatable bonds is 4. The number of hydrogen-bond acceptors (Lipinski definition) is 1. The summed E-state index contributed by atoms with van der Waals surface area (Å²) in [5.74, 6) is 0. The maximum Gasteiger partial charge on any atom is 0.232 e. The monoisotopic (exact) mass is 804 g/mol. The first-order valence-corrected chi connectivity index (χ1v) is 23.2. The molecular formula is C56H48N6. The smallest absolute Gasteiger partial charge is 0.232 e. The van der Waals surface area contributed by atoms with Crippen molar-refractivity contribution in [3.8, 4) is 28.8 Å². The van der Waals surface area contributed by atoms with Crippen molar-refractivity contribution in [2.24, 2.45) is 0 Å². The van der Waals surface area contributed by atoms with Gasteiger partial charge in [0.25, 0.3) is 0 Å². The maximum atomic E-state index is 12.0. The SMILES string of the molecule is [C-]#[N+]c1c(C#N)c(-n2c3c(c4c2C=CCC4)CCC=C3)c(-n2c3c(c4ccccc42)CCCC3)c(-n2c3c(c4c2C=CCC4)CCC=C3)c1-n1c2c(c3c1C=CCC3)CCC=C2. The molecule has 0 fully saturated rings. The highest BCUT2D eigenvalue weighted by molar-refractivity contribution is 5.97. The van der Waals surface area contributed by atoms with Crippen LogP contribution in [0.2, 0.25) is 0 Å². The molecule has 6 heteroatoms. The van der Waals surface area contributed by atoms with Gasteiger partial charge in [0.05, 0.1) is 46.5 Å². The van der Waals surface area contributed by atoms with Gasteiger partial charge >= 0.3 is 0 Å². The minimum Gasteiger partial charge on any atom is -0.317 e. The zero-order valence-electron chi connectivity index (χ0n) is 35.2. The van der Waals surface area contributed by atoms with E-state index in [0.717, 1.165) is 148 Å². The largest absolute Gasteiger partial charge is 0.317 e. The molecule has 6 nitrogen and oxygen atoms in total. The Kier molecular flexibility index (Phi) is 8.05. The molecule has 4 aromatic heterocycles. The Morgan fingerprint density at radius 3 is 1.31 bits per heavy atom. The van der Waals surface area contributed by atoms with E-state index in [1.54, 1.807) is 0 Å². The van der Waals surface area contributed by atoms with E-state index in [0.29, 0.717) is 11.3 Å². The van der Waals surface area contributed by atoms with Crippen LogP contribution < -0.4 is 0 Å². The molecule has 6 aromatic rings. The van der Waals surface area contributed by atoms with Gasteiger partial charge in [-0.05, 0) is 184 Å². The fraction of sp³-hybridized carbons (Fsp3) is 0.286. The summed E-state index contributed by atoms with van der Waals surface area (Å²) in [6.07, 6.45) is 44.1. The van der Waals surface area contributed by atoms with E-state index < -0.39 is 0 Å². The molecule has 4 heterocycles. The zero-order valence-corrected chi connectivity index (χ0v) is 35.2. The summed E-state index contributed by atoms with van der Waals surface area (Å²) in [7, 11) is 0. The van der Waals surface area contributed by atoms with Crippen LogP contribution >= 0.6 is 0 Å². The molecule has 0 saturated carbocycles. The number of allylic oxidation sites excluding steroid dienone is 6. The molecule has 0 N–H and O–H groups in total. The zero-order chi connectivity index (χ0) is 41.1.